The van der Waals surface area contributed by atoms with Crippen LogP contribution in [0.5, 0.6) is 11.6 Å². The van der Waals surface area contributed by atoms with E-state index in [-0.39, 0.29) is 17.6 Å². The molecule has 94 valence electrons. The number of ether oxygens (including phenoxy) is 1. The van der Waals surface area contributed by atoms with Gasteiger partial charge in [0.05, 0.1) is 0 Å². The van der Waals surface area contributed by atoms with Crippen molar-refractivity contribution in [3.63, 3.8) is 0 Å². The molecule has 4 nitrogen and oxygen atoms in total. The molecule has 0 saturated heterocycles. The van der Waals surface area contributed by atoms with E-state index < -0.39 is 11.6 Å². The van der Waals surface area contributed by atoms with Gasteiger partial charge in [-0.25, -0.2) is 9.37 Å². The molecular weight excluding hydrogens is 308 g/mol. The first-order valence-electron chi connectivity index (χ1n) is 4.89. The largest absolute Gasteiger partial charge is 0.436 e. The van der Waals surface area contributed by atoms with E-state index in [1.54, 1.807) is 6.92 Å². The van der Waals surface area contributed by atoms with Crippen LogP contribution >= 0.6 is 15.9 Å². The van der Waals surface area contributed by atoms with Crippen molar-refractivity contribution in [1.29, 1.82) is 0 Å². The molecule has 1 heterocycles. The number of hydrogen-bond acceptors (Lipinski definition) is 4. The number of nitrogens with two attached hydrogens (primary N) is 1. The molecule has 0 atom stereocenters. The van der Waals surface area contributed by atoms with Crippen LogP contribution in [-0.2, 0) is 0 Å². The highest BCUT2D eigenvalue weighted by Gasteiger charge is 2.13. The van der Waals surface area contributed by atoms with Crippen LogP contribution in [0.2, 0.25) is 0 Å². The zero-order valence-corrected chi connectivity index (χ0v) is 10.8. The van der Waals surface area contributed by atoms with Crippen molar-refractivity contribution in [2.24, 2.45) is 0 Å². The Bertz CT molecular complexity index is 587. The molecule has 2 aromatic rings. The van der Waals surface area contributed by atoms with Gasteiger partial charge in [-0.05, 0) is 19.1 Å². The van der Waals surface area contributed by atoms with Gasteiger partial charge in [0.25, 0.3) is 0 Å². The van der Waals surface area contributed by atoms with Crippen molar-refractivity contribution in [3.8, 4) is 11.6 Å². The fraction of sp³-hybridized carbons (Fsp3) is 0.0909. The van der Waals surface area contributed by atoms with Gasteiger partial charge in [-0.2, -0.15) is 9.37 Å². The Morgan fingerprint density at radius 2 is 1.94 bits per heavy atom. The van der Waals surface area contributed by atoms with E-state index in [4.69, 9.17) is 10.5 Å². The van der Waals surface area contributed by atoms with Crippen LogP contribution in [0.1, 0.15) is 5.69 Å². The smallest absolute Gasteiger partial charge is 0.224 e. The van der Waals surface area contributed by atoms with Gasteiger partial charge in [-0.1, -0.05) is 15.9 Å². The second-order valence-corrected chi connectivity index (χ2v) is 4.42. The van der Waals surface area contributed by atoms with Gasteiger partial charge in [0.1, 0.15) is 0 Å². The molecule has 0 fully saturated rings. The minimum atomic E-state index is -1.09. The molecule has 18 heavy (non-hydrogen) atoms. The van der Waals surface area contributed by atoms with Crippen molar-refractivity contribution < 1.29 is 13.5 Å². The summed E-state index contributed by atoms with van der Waals surface area (Å²) in [6.45, 7) is 1.68. The predicted octanol–water partition coefficient (Wildman–Crippen LogP) is 3.20. The third-order valence-corrected chi connectivity index (χ3v) is 2.48. The van der Waals surface area contributed by atoms with Crippen LogP contribution in [0, 0.1) is 18.6 Å². The number of hydrogen-bond donors (Lipinski definition) is 1. The Morgan fingerprint density at radius 3 is 2.61 bits per heavy atom. The van der Waals surface area contributed by atoms with E-state index in [0.717, 1.165) is 6.07 Å². The molecular formula is C11H8BrF2N3O. The van der Waals surface area contributed by atoms with Crippen molar-refractivity contribution >= 4 is 21.9 Å². The van der Waals surface area contributed by atoms with Crippen LogP contribution in [0.15, 0.2) is 22.7 Å². The second kappa shape index (κ2) is 4.85. The Kier molecular flexibility index (Phi) is 3.42. The molecule has 0 radical (unpaired) electrons. The highest BCUT2D eigenvalue weighted by atomic mass is 79.9. The molecule has 0 amide bonds. The summed E-state index contributed by atoms with van der Waals surface area (Å²) in [6.07, 6.45) is 0. The zero-order chi connectivity index (χ0) is 13.3. The van der Waals surface area contributed by atoms with Gasteiger partial charge in [-0.15, -0.1) is 0 Å². The fourth-order valence-corrected chi connectivity index (χ4v) is 1.74. The van der Waals surface area contributed by atoms with E-state index in [1.165, 1.54) is 12.1 Å². The molecule has 0 aliphatic rings. The molecule has 0 bridgehead atoms. The summed E-state index contributed by atoms with van der Waals surface area (Å²) in [5.41, 5.74) is 5.99. The third kappa shape index (κ3) is 2.73. The van der Waals surface area contributed by atoms with E-state index >= 15 is 0 Å². The average Bonchev–Trinajstić information content (AvgIpc) is 2.23. The number of benzene rings is 1. The first kappa shape index (κ1) is 12.7. The number of aromatic nitrogens is 2. The van der Waals surface area contributed by atoms with Crippen LogP contribution in [0.4, 0.5) is 14.7 Å². The molecule has 1 aromatic heterocycles. The normalized spacial score (nSPS) is 10.4. The quantitative estimate of drug-likeness (QED) is 0.864. The Labute approximate surface area is 110 Å². The summed E-state index contributed by atoms with van der Waals surface area (Å²) >= 11 is 3.05. The number of rotatable bonds is 2. The van der Waals surface area contributed by atoms with Crippen molar-refractivity contribution in [1.82, 2.24) is 9.97 Å². The predicted molar refractivity (Wildman–Crippen MR) is 65.3 cm³/mol. The number of aryl methyl sites for hydroxylation is 1. The molecule has 7 heteroatoms. The number of halogens is 3. The lowest BCUT2D eigenvalue weighted by Gasteiger charge is -2.08. The lowest BCUT2D eigenvalue weighted by Crippen LogP contribution is -2.00. The van der Waals surface area contributed by atoms with E-state index in [1.807, 2.05) is 0 Å². The van der Waals surface area contributed by atoms with Crippen LogP contribution in [0.25, 0.3) is 0 Å². The maximum atomic E-state index is 13.5. The molecule has 1 aromatic carbocycles. The summed E-state index contributed by atoms with van der Waals surface area (Å²) in [5.74, 6) is -2.33. The number of nitrogens with zero attached hydrogens (tertiary/aromatic N) is 2. The first-order chi connectivity index (χ1) is 8.45. The summed E-state index contributed by atoms with van der Waals surface area (Å²) in [6, 6.07) is 3.77. The van der Waals surface area contributed by atoms with E-state index in [0.29, 0.717) is 10.2 Å². The molecule has 2 rings (SSSR count). The summed E-state index contributed by atoms with van der Waals surface area (Å²) in [5, 5.41) is 0. The Morgan fingerprint density at radius 1 is 1.22 bits per heavy atom. The van der Waals surface area contributed by atoms with Gasteiger partial charge in [0.2, 0.25) is 17.6 Å². The highest BCUT2D eigenvalue weighted by molar-refractivity contribution is 9.10. The molecule has 0 saturated carbocycles. The van der Waals surface area contributed by atoms with Crippen molar-refractivity contribution in [3.05, 3.63) is 40.0 Å². The van der Waals surface area contributed by atoms with E-state index in [9.17, 15) is 8.78 Å². The minimum absolute atomic E-state index is 0.000812. The molecule has 0 spiro atoms. The Hall–Kier alpha value is -1.76. The van der Waals surface area contributed by atoms with Gasteiger partial charge in [0, 0.05) is 16.2 Å². The fourth-order valence-electron chi connectivity index (χ4n) is 1.33. The van der Waals surface area contributed by atoms with Crippen LogP contribution in [0.3, 0.4) is 0 Å². The zero-order valence-electron chi connectivity index (χ0n) is 9.25. The molecule has 2 N–H and O–H groups in total. The summed E-state index contributed by atoms with van der Waals surface area (Å²) in [7, 11) is 0. The summed E-state index contributed by atoms with van der Waals surface area (Å²) < 4.78 is 32.1. The first-order valence-corrected chi connectivity index (χ1v) is 5.68. The van der Waals surface area contributed by atoms with Gasteiger partial charge >= 0.3 is 0 Å². The number of anilines is 1. The Balaban J connectivity index is 2.39. The SMILES string of the molecule is Cc1cc(Oc2cc(Br)cc(F)c2F)nc(N)n1. The topological polar surface area (TPSA) is 61.0 Å². The lowest BCUT2D eigenvalue weighted by atomic mass is 10.3. The molecule has 0 aliphatic heterocycles. The van der Waals surface area contributed by atoms with Gasteiger partial charge in [-0.3, -0.25) is 0 Å². The monoisotopic (exact) mass is 315 g/mol. The highest BCUT2D eigenvalue weighted by Crippen LogP contribution is 2.29. The third-order valence-electron chi connectivity index (χ3n) is 2.02. The maximum Gasteiger partial charge on any atom is 0.224 e. The standard InChI is InChI=1S/C11H8BrF2N3O/c1-5-2-9(17-11(15)16-5)18-8-4-6(12)3-7(13)10(8)14/h2-4H,1H3,(H2,15,16,17). The molecule has 0 unspecified atom stereocenters. The maximum absolute atomic E-state index is 13.5. The van der Waals surface area contributed by atoms with Gasteiger partial charge < -0.3 is 10.5 Å². The summed E-state index contributed by atoms with van der Waals surface area (Å²) in [4.78, 5) is 7.61. The van der Waals surface area contributed by atoms with Crippen molar-refractivity contribution in [2.45, 2.75) is 6.92 Å². The van der Waals surface area contributed by atoms with Crippen LogP contribution in [-0.4, -0.2) is 9.97 Å². The number of nitrogen functional groups attached to an aromatic ring is 1. The lowest BCUT2D eigenvalue weighted by molar-refractivity contribution is 0.404. The average molecular weight is 316 g/mol. The van der Waals surface area contributed by atoms with E-state index in [2.05, 4.69) is 25.9 Å². The minimum Gasteiger partial charge on any atom is -0.436 e. The van der Waals surface area contributed by atoms with Crippen LogP contribution < -0.4 is 10.5 Å². The van der Waals surface area contributed by atoms with Gasteiger partial charge in [0.15, 0.2) is 11.6 Å². The van der Waals surface area contributed by atoms with Crippen molar-refractivity contribution in [2.75, 3.05) is 5.73 Å². The molecule has 0 aliphatic carbocycles. The second-order valence-electron chi connectivity index (χ2n) is 3.51.